The van der Waals surface area contributed by atoms with Crippen molar-refractivity contribution in [3.63, 3.8) is 0 Å². The number of carbonyl (C=O) groups is 2. The predicted molar refractivity (Wildman–Crippen MR) is 228 cm³/mol. The van der Waals surface area contributed by atoms with Crippen LogP contribution >= 0.6 is 0 Å². The number of allylic oxidation sites excluding steroid dienone is 1. The lowest BCUT2D eigenvalue weighted by Crippen LogP contribution is -2.70. The van der Waals surface area contributed by atoms with E-state index < -0.39 is 29.9 Å². The number of amides is 2. The Morgan fingerprint density at radius 2 is 1.75 bits per heavy atom. The maximum Gasteiger partial charge on any atom is 0.412 e. The summed E-state index contributed by atoms with van der Waals surface area (Å²) in [6, 6.07) is 14.2. The highest BCUT2D eigenvalue weighted by Crippen LogP contribution is 2.62. The molecule has 0 aromatic heterocycles. The fraction of sp³-hybridized carbons (Fsp3) is 0.587. The lowest BCUT2D eigenvalue weighted by molar-refractivity contribution is -0.256. The first kappa shape index (κ1) is 47.5. The quantitative estimate of drug-likeness (QED) is 0.0484. The third-order valence-electron chi connectivity index (χ3n) is 11.4. The minimum atomic E-state index is -1.53. The topological polar surface area (TPSA) is 187 Å². The van der Waals surface area contributed by atoms with Crippen molar-refractivity contribution in [3.8, 4) is 11.5 Å². The average Bonchev–Trinajstić information content (AvgIpc) is 3.26. The summed E-state index contributed by atoms with van der Waals surface area (Å²) in [6.07, 6.45) is 7.13. The molecule has 5 rings (SSSR count). The molecule has 61 heavy (non-hydrogen) atoms. The third-order valence-corrected chi connectivity index (χ3v) is 11.4. The van der Waals surface area contributed by atoms with Gasteiger partial charge in [0, 0.05) is 44.2 Å². The Kier molecular flexibility index (Phi) is 19.3. The van der Waals surface area contributed by atoms with Crippen LogP contribution in [-0.2, 0) is 30.4 Å². The van der Waals surface area contributed by atoms with E-state index in [1.807, 2.05) is 50.2 Å². The molecule has 1 heterocycles. The SMILES string of the molecule is C=CCOC12Oc3ccc(OC(=O)NCC)cc3C3C(CCCCO)C(CCCCO)C=C(C(=NOCC)CC1N(CCOCCO)C(=O)OCCOCc1ccccc1)C32. The van der Waals surface area contributed by atoms with Gasteiger partial charge in [-0.25, -0.2) is 9.59 Å². The van der Waals surface area contributed by atoms with E-state index in [0.29, 0.717) is 49.8 Å². The molecule has 6 atom stereocenters. The first-order chi connectivity index (χ1) is 29.8. The van der Waals surface area contributed by atoms with Crippen molar-refractivity contribution < 1.29 is 58.2 Å². The number of nitrogens with one attached hydrogen (secondary N) is 1. The molecule has 15 nitrogen and oxygen atoms in total. The number of hydrogen-bond acceptors (Lipinski definition) is 13. The largest absolute Gasteiger partial charge is 0.459 e. The third kappa shape index (κ3) is 12.3. The standard InChI is InChI=1S/C46H65N3O12/c1-4-24-58-46-41(49(20-25-55-26-23-52)45(54)57-28-27-56-32-33-14-8-7-9-15-33)31-39(48-59-6-3)37-29-34(16-10-12-21-50)36(17-11-13-22-51)42(43(37)46)38-30-35(18-19-40(38)61-46)60-44(53)47-5-2/h4,7-9,14-15,18-19,29-30,34,36,41-43,50-52H,1,5-6,10-13,16-17,20-28,31-32H2,2-3H3,(H,47,53). The molecule has 15 heteroatoms. The van der Waals surface area contributed by atoms with Crippen LogP contribution in [0.5, 0.6) is 11.5 Å². The zero-order valence-electron chi connectivity index (χ0n) is 35.7. The van der Waals surface area contributed by atoms with Gasteiger partial charge in [0.05, 0.1) is 51.3 Å². The van der Waals surface area contributed by atoms with Crippen LogP contribution in [0, 0.1) is 17.8 Å². The van der Waals surface area contributed by atoms with E-state index in [4.69, 9.17) is 38.4 Å². The number of carbonyl (C=O) groups excluding carboxylic acids is 2. The number of ether oxygens (including phenoxy) is 6. The van der Waals surface area contributed by atoms with Gasteiger partial charge in [0.15, 0.2) is 0 Å². The number of fused-ring (bicyclic) bond motifs is 2. The zero-order chi connectivity index (χ0) is 43.5. The van der Waals surface area contributed by atoms with Crippen LogP contribution in [0.3, 0.4) is 0 Å². The van der Waals surface area contributed by atoms with Crippen molar-refractivity contribution in [1.82, 2.24) is 10.2 Å². The Morgan fingerprint density at radius 1 is 0.967 bits per heavy atom. The van der Waals surface area contributed by atoms with Crippen molar-refractivity contribution >= 4 is 17.9 Å². The van der Waals surface area contributed by atoms with Gasteiger partial charge in [-0.15, -0.1) is 6.58 Å². The molecule has 0 saturated heterocycles. The van der Waals surface area contributed by atoms with E-state index in [2.05, 4.69) is 18.0 Å². The number of rotatable bonds is 26. The van der Waals surface area contributed by atoms with Crippen LogP contribution in [0.25, 0.3) is 0 Å². The Bertz CT molecular complexity index is 1740. The van der Waals surface area contributed by atoms with E-state index in [1.54, 1.807) is 23.1 Å². The summed E-state index contributed by atoms with van der Waals surface area (Å²) in [4.78, 5) is 34.6. The van der Waals surface area contributed by atoms with Crippen LogP contribution in [-0.4, -0.2) is 122 Å². The molecule has 1 aliphatic heterocycles. The fourth-order valence-electron chi connectivity index (χ4n) is 8.88. The van der Waals surface area contributed by atoms with Crippen molar-refractivity contribution in [1.29, 1.82) is 0 Å². The fourth-order valence-corrected chi connectivity index (χ4v) is 8.88. The number of hydrogen-bond donors (Lipinski definition) is 4. The van der Waals surface area contributed by atoms with Crippen molar-refractivity contribution in [2.45, 2.75) is 83.1 Å². The van der Waals surface area contributed by atoms with E-state index in [0.717, 1.165) is 42.4 Å². The molecule has 2 aliphatic carbocycles. The van der Waals surface area contributed by atoms with Gasteiger partial charge in [0.2, 0.25) is 5.79 Å². The predicted octanol–water partition coefficient (Wildman–Crippen LogP) is 6.11. The second kappa shape index (κ2) is 24.8. The van der Waals surface area contributed by atoms with Crippen LogP contribution in [0.4, 0.5) is 9.59 Å². The van der Waals surface area contributed by atoms with Crippen LogP contribution in [0.2, 0.25) is 0 Å². The summed E-state index contributed by atoms with van der Waals surface area (Å²) in [7, 11) is 0. The number of aliphatic hydroxyl groups excluding tert-OH is 3. The number of nitrogens with zero attached hydrogens (tertiary/aromatic N) is 2. The highest BCUT2D eigenvalue weighted by molar-refractivity contribution is 6.03. The summed E-state index contributed by atoms with van der Waals surface area (Å²) in [6.45, 7) is 9.06. The molecule has 4 N–H and O–H groups in total. The summed E-state index contributed by atoms with van der Waals surface area (Å²) in [5.41, 5.74) is 3.30. The van der Waals surface area contributed by atoms with Gasteiger partial charge in [-0.05, 0) is 80.7 Å². The summed E-state index contributed by atoms with van der Waals surface area (Å²) in [5.74, 6) is -1.60. The minimum absolute atomic E-state index is 0.0183. The molecule has 336 valence electrons. The van der Waals surface area contributed by atoms with Crippen LogP contribution < -0.4 is 14.8 Å². The second-order valence-corrected chi connectivity index (χ2v) is 15.3. The molecule has 0 spiro atoms. The average molecular weight is 852 g/mol. The van der Waals surface area contributed by atoms with Gasteiger partial charge in [0.1, 0.15) is 30.8 Å². The lowest BCUT2D eigenvalue weighted by Gasteiger charge is -2.59. The smallest absolute Gasteiger partial charge is 0.412 e. The second-order valence-electron chi connectivity index (χ2n) is 15.3. The molecule has 1 fully saturated rings. The first-order valence-corrected chi connectivity index (χ1v) is 21.7. The number of benzene rings is 2. The molecule has 0 radical (unpaired) electrons. The van der Waals surface area contributed by atoms with E-state index in [-0.39, 0.29) is 83.6 Å². The highest BCUT2D eigenvalue weighted by Gasteiger charge is 2.65. The van der Waals surface area contributed by atoms with E-state index in [1.165, 1.54) is 0 Å². The zero-order valence-corrected chi connectivity index (χ0v) is 35.7. The van der Waals surface area contributed by atoms with E-state index in [9.17, 15) is 24.9 Å². The lowest BCUT2D eigenvalue weighted by atomic mass is 9.55. The van der Waals surface area contributed by atoms with Crippen LogP contribution in [0.15, 0.2) is 78.0 Å². The Morgan fingerprint density at radius 3 is 2.48 bits per heavy atom. The van der Waals surface area contributed by atoms with Gasteiger partial charge >= 0.3 is 12.2 Å². The van der Waals surface area contributed by atoms with E-state index >= 15 is 0 Å². The maximum absolute atomic E-state index is 14.5. The Balaban J connectivity index is 1.65. The van der Waals surface area contributed by atoms with Crippen LogP contribution in [0.1, 0.15) is 75.8 Å². The van der Waals surface area contributed by atoms with Crippen molar-refractivity contribution in [2.24, 2.45) is 22.9 Å². The summed E-state index contributed by atoms with van der Waals surface area (Å²) in [5, 5.41) is 36.7. The van der Waals surface area contributed by atoms with Gasteiger partial charge in [0.25, 0.3) is 0 Å². The van der Waals surface area contributed by atoms with Crippen molar-refractivity contribution in [2.75, 3.05) is 72.6 Å². The Hall–Kier alpha value is -4.51. The highest BCUT2D eigenvalue weighted by atomic mass is 16.7. The molecule has 1 saturated carbocycles. The van der Waals surface area contributed by atoms with Crippen molar-refractivity contribution in [3.05, 3.63) is 84.0 Å². The molecular formula is C46H65N3O12. The normalized spacial score (nSPS) is 23.2. The molecule has 2 aromatic carbocycles. The number of aliphatic hydroxyl groups is 3. The summed E-state index contributed by atoms with van der Waals surface area (Å²) < 4.78 is 37.4. The molecular weight excluding hydrogens is 787 g/mol. The monoisotopic (exact) mass is 851 g/mol. The minimum Gasteiger partial charge on any atom is -0.459 e. The molecule has 2 amide bonds. The van der Waals surface area contributed by atoms with Gasteiger partial charge in [-0.1, -0.05) is 60.5 Å². The maximum atomic E-state index is 14.5. The molecule has 6 unspecified atom stereocenters. The first-order valence-electron chi connectivity index (χ1n) is 21.7. The summed E-state index contributed by atoms with van der Waals surface area (Å²) >= 11 is 0. The van der Waals surface area contributed by atoms with Gasteiger partial charge < -0.3 is 53.9 Å². The number of unbranched alkanes of at least 4 members (excludes halogenated alkanes) is 2. The molecule has 3 aliphatic rings. The Labute approximate surface area is 359 Å². The van der Waals surface area contributed by atoms with Gasteiger partial charge in [-0.3, -0.25) is 4.90 Å². The molecule has 0 bridgehead atoms. The molecule has 2 aromatic rings. The number of oxime groups is 1. The van der Waals surface area contributed by atoms with Gasteiger partial charge in [-0.2, -0.15) is 0 Å².